The Labute approximate surface area is 165 Å². The molecule has 0 saturated heterocycles. The Morgan fingerprint density at radius 1 is 1.00 bits per heavy atom. The molecular formula is C22H26N2O4. The number of amides is 2. The Kier molecular flexibility index (Phi) is 6.66. The fourth-order valence-corrected chi connectivity index (χ4v) is 2.59. The van der Waals surface area contributed by atoms with Gasteiger partial charge in [-0.2, -0.15) is 0 Å². The van der Waals surface area contributed by atoms with Gasteiger partial charge in [0.15, 0.2) is 0 Å². The van der Waals surface area contributed by atoms with Crippen molar-refractivity contribution >= 4 is 23.2 Å². The predicted molar refractivity (Wildman–Crippen MR) is 109 cm³/mol. The number of anilines is 2. The largest absolute Gasteiger partial charge is 0.494 e. The Morgan fingerprint density at radius 2 is 1.61 bits per heavy atom. The summed E-state index contributed by atoms with van der Waals surface area (Å²) in [6.07, 6.45) is 1.88. The van der Waals surface area contributed by atoms with E-state index in [2.05, 4.69) is 10.6 Å². The van der Waals surface area contributed by atoms with E-state index in [1.54, 1.807) is 43.3 Å². The number of carbonyl (C=O) groups excluding carboxylic acids is 2. The zero-order chi connectivity index (χ0) is 19.9. The van der Waals surface area contributed by atoms with Gasteiger partial charge in [-0.05, 0) is 81.1 Å². The van der Waals surface area contributed by atoms with E-state index in [0.717, 1.165) is 5.75 Å². The third kappa shape index (κ3) is 5.82. The van der Waals surface area contributed by atoms with Crippen molar-refractivity contribution in [1.82, 2.24) is 0 Å². The van der Waals surface area contributed by atoms with Gasteiger partial charge in [-0.1, -0.05) is 0 Å². The van der Waals surface area contributed by atoms with E-state index in [1.807, 2.05) is 19.1 Å². The van der Waals surface area contributed by atoms with Gasteiger partial charge in [0.05, 0.1) is 13.2 Å². The molecule has 1 aliphatic rings. The molecule has 0 bridgehead atoms. The molecule has 2 aromatic rings. The second-order valence-electron chi connectivity index (χ2n) is 6.90. The minimum Gasteiger partial charge on any atom is -0.494 e. The van der Waals surface area contributed by atoms with Crippen molar-refractivity contribution in [1.29, 1.82) is 0 Å². The minimum absolute atomic E-state index is 0.188. The highest BCUT2D eigenvalue weighted by Crippen LogP contribution is 2.29. The maximum atomic E-state index is 12.4. The number of nitrogens with one attached hydrogen (secondary N) is 2. The van der Waals surface area contributed by atoms with Crippen LogP contribution in [0.2, 0.25) is 0 Å². The fraction of sp³-hybridized carbons (Fsp3) is 0.364. The number of ether oxygens (including phenoxy) is 2. The average molecular weight is 382 g/mol. The predicted octanol–water partition coefficient (Wildman–Crippen LogP) is 4.09. The van der Waals surface area contributed by atoms with Crippen LogP contribution in [0.5, 0.6) is 5.75 Å². The van der Waals surface area contributed by atoms with E-state index in [0.29, 0.717) is 36.1 Å². The molecule has 0 aromatic heterocycles. The summed E-state index contributed by atoms with van der Waals surface area (Å²) in [5.41, 5.74) is 1.82. The summed E-state index contributed by atoms with van der Waals surface area (Å²) in [5.74, 6) is 0.967. The van der Waals surface area contributed by atoms with E-state index >= 15 is 0 Å². The molecule has 6 nitrogen and oxygen atoms in total. The summed E-state index contributed by atoms with van der Waals surface area (Å²) in [5, 5.41) is 5.65. The quantitative estimate of drug-likeness (QED) is 0.685. The van der Waals surface area contributed by atoms with Crippen molar-refractivity contribution in [2.24, 2.45) is 5.92 Å². The Balaban J connectivity index is 1.51. The number of carbonyl (C=O) groups is 2. The number of hydrogen-bond donors (Lipinski definition) is 2. The molecule has 2 N–H and O–H groups in total. The lowest BCUT2D eigenvalue weighted by molar-refractivity contribution is -0.126. The van der Waals surface area contributed by atoms with Gasteiger partial charge in [-0.25, -0.2) is 0 Å². The molecule has 0 aliphatic heterocycles. The topological polar surface area (TPSA) is 76.7 Å². The summed E-state index contributed by atoms with van der Waals surface area (Å²) in [6, 6.07) is 14.0. The standard InChI is InChI=1S/C22H26N2O4/c1-3-27-20-12-10-19(11-13-20)24-22(26)17-6-8-18(9-7-17)23-21(25)15(2)28-14-16-4-5-16/h6-13,15-16H,3-5,14H2,1-2H3,(H,23,25)(H,24,26). The van der Waals surface area contributed by atoms with E-state index in [4.69, 9.17) is 9.47 Å². The Hall–Kier alpha value is -2.86. The first-order chi connectivity index (χ1) is 13.5. The number of rotatable bonds is 9. The summed E-state index contributed by atoms with van der Waals surface area (Å²) >= 11 is 0. The van der Waals surface area contributed by atoms with Crippen molar-refractivity contribution in [3.8, 4) is 5.75 Å². The van der Waals surface area contributed by atoms with Crippen LogP contribution < -0.4 is 15.4 Å². The first-order valence-electron chi connectivity index (χ1n) is 9.62. The third-order valence-corrected chi connectivity index (χ3v) is 4.49. The normalized spacial score (nSPS) is 14.2. The lowest BCUT2D eigenvalue weighted by Gasteiger charge is -2.13. The SMILES string of the molecule is CCOc1ccc(NC(=O)c2ccc(NC(=O)C(C)OCC3CC3)cc2)cc1. The van der Waals surface area contributed by atoms with Gasteiger partial charge in [-0.3, -0.25) is 9.59 Å². The van der Waals surface area contributed by atoms with Crippen molar-refractivity contribution in [2.75, 3.05) is 23.8 Å². The summed E-state index contributed by atoms with van der Waals surface area (Å²) in [7, 11) is 0. The Morgan fingerprint density at radius 3 is 2.21 bits per heavy atom. The van der Waals surface area contributed by atoms with Crippen molar-refractivity contribution in [3.63, 3.8) is 0 Å². The fourth-order valence-electron chi connectivity index (χ4n) is 2.59. The maximum Gasteiger partial charge on any atom is 0.255 e. The van der Waals surface area contributed by atoms with Crippen LogP contribution in [0.15, 0.2) is 48.5 Å². The summed E-state index contributed by atoms with van der Waals surface area (Å²) < 4.78 is 11.0. The molecule has 0 spiro atoms. The van der Waals surface area contributed by atoms with Gasteiger partial charge in [-0.15, -0.1) is 0 Å². The third-order valence-electron chi connectivity index (χ3n) is 4.49. The molecule has 148 valence electrons. The molecule has 1 atom stereocenters. The molecule has 1 fully saturated rings. The summed E-state index contributed by atoms with van der Waals surface area (Å²) in [4.78, 5) is 24.5. The molecule has 1 saturated carbocycles. The van der Waals surface area contributed by atoms with Crippen LogP contribution in [0, 0.1) is 5.92 Å². The Bertz CT molecular complexity index is 798. The van der Waals surface area contributed by atoms with Gasteiger partial charge in [0.1, 0.15) is 11.9 Å². The van der Waals surface area contributed by atoms with Crippen LogP contribution in [0.3, 0.4) is 0 Å². The smallest absolute Gasteiger partial charge is 0.255 e. The van der Waals surface area contributed by atoms with Gasteiger partial charge in [0, 0.05) is 16.9 Å². The van der Waals surface area contributed by atoms with Gasteiger partial charge >= 0.3 is 0 Å². The molecule has 28 heavy (non-hydrogen) atoms. The van der Waals surface area contributed by atoms with Gasteiger partial charge in [0.25, 0.3) is 11.8 Å². The van der Waals surface area contributed by atoms with Gasteiger partial charge in [0.2, 0.25) is 0 Å². The van der Waals surface area contributed by atoms with E-state index in [1.165, 1.54) is 12.8 Å². The zero-order valence-electron chi connectivity index (χ0n) is 16.2. The molecule has 2 aromatic carbocycles. The monoisotopic (exact) mass is 382 g/mol. The van der Waals surface area contributed by atoms with E-state index in [9.17, 15) is 9.59 Å². The highest BCUT2D eigenvalue weighted by Gasteiger charge is 2.24. The molecular weight excluding hydrogens is 356 g/mol. The van der Waals surface area contributed by atoms with E-state index in [-0.39, 0.29) is 11.8 Å². The van der Waals surface area contributed by atoms with E-state index < -0.39 is 6.10 Å². The lowest BCUT2D eigenvalue weighted by atomic mass is 10.2. The van der Waals surface area contributed by atoms with Gasteiger partial charge < -0.3 is 20.1 Å². The number of benzene rings is 2. The molecule has 1 unspecified atom stereocenters. The van der Waals surface area contributed by atoms with Crippen molar-refractivity contribution < 1.29 is 19.1 Å². The van der Waals surface area contributed by atoms with Crippen LogP contribution in [0.25, 0.3) is 0 Å². The second kappa shape index (κ2) is 9.37. The number of hydrogen-bond acceptors (Lipinski definition) is 4. The lowest BCUT2D eigenvalue weighted by Crippen LogP contribution is -2.28. The molecule has 1 aliphatic carbocycles. The van der Waals surface area contributed by atoms with Crippen molar-refractivity contribution in [2.45, 2.75) is 32.8 Å². The van der Waals surface area contributed by atoms with Crippen LogP contribution in [0.1, 0.15) is 37.0 Å². The zero-order valence-corrected chi connectivity index (χ0v) is 16.2. The molecule has 0 radical (unpaired) electrons. The second-order valence-corrected chi connectivity index (χ2v) is 6.90. The van der Waals surface area contributed by atoms with Crippen molar-refractivity contribution in [3.05, 3.63) is 54.1 Å². The minimum atomic E-state index is -0.497. The molecule has 2 amide bonds. The van der Waals surface area contributed by atoms with Crippen LogP contribution in [-0.2, 0) is 9.53 Å². The molecule has 0 heterocycles. The molecule has 6 heteroatoms. The average Bonchev–Trinajstić information content (AvgIpc) is 3.53. The van der Waals surface area contributed by atoms with Crippen LogP contribution in [-0.4, -0.2) is 31.1 Å². The highest BCUT2D eigenvalue weighted by molar-refractivity contribution is 6.04. The van der Waals surface area contributed by atoms with Crippen LogP contribution in [0.4, 0.5) is 11.4 Å². The maximum absolute atomic E-state index is 12.4. The first-order valence-corrected chi connectivity index (χ1v) is 9.62. The first kappa shape index (κ1) is 19.9. The summed E-state index contributed by atoms with van der Waals surface area (Å²) in [6.45, 7) is 4.90. The highest BCUT2D eigenvalue weighted by atomic mass is 16.5. The molecule has 3 rings (SSSR count). The van der Waals surface area contributed by atoms with Crippen LogP contribution >= 0.6 is 0 Å².